The molecule has 0 saturated carbocycles. The number of halogens is 3. The Morgan fingerprint density at radius 1 is 1.29 bits per heavy atom. The maximum atomic E-state index is 13.7. The summed E-state index contributed by atoms with van der Waals surface area (Å²) in [7, 11) is 0. The summed E-state index contributed by atoms with van der Waals surface area (Å²) in [6.07, 6.45) is 0. The van der Waals surface area contributed by atoms with E-state index in [1.165, 1.54) is 25.1 Å². The highest BCUT2D eigenvalue weighted by molar-refractivity contribution is 9.10. The van der Waals surface area contributed by atoms with E-state index in [0.29, 0.717) is 4.47 Å². The third kappa shape index (κ3) is 3.26. The summed E-state index contributed by atoms with van der Waals surface area (Å²) < 4.78 is 27.3. The van der Waals surface area contributed by atoms with Gasteiger partial charge in [0.05, 0.1) is 17.2 Å². The molecule has 0 aliphatic carbocycles. The van der Waals surface area contributed by atoms with Crippen molar-refractivity contribution in [3.8, 4) is 6.07 Å². The standard InChI is InChI=1S/C15H9BrF2N2O/c1-8-13(18)4-9(7-19)5-14(8)20-15(21)11-6-10(17)2-3-12(11)16/h2-6H,1H3,(H,20,21). The van der Waals surface area contributed by atoms with E-state index in [0.717, 1.165) is 12.1 Å². The molecule has 0 unspecified atom stereocenters. The molecule has 0 spiro atoms. The number of hydrogen-bond donors (Lipinski definition) is 1. The van der Waals surface area contributed by atoms with Gasteiger partial charge in [0.2, 0.25) is 0 Å². The molecule has 21 heavy (non-hydrogen) atoms. The first-order chi connectivity index (χ1) is 9.92. The highest BCUT2D eigenvalue weighted by Crippen LogP contribution is 2.23. The first-order valence-electron chi connectivity index (χ1n) is 5.89. The summed E-state index contributed by atoms with van der Waals surface area (Å²) in [5.74, 6) is -1.75. The second-order valence-corrected chi connectivity index (χ2v) is 5.18. The number of carbonyl (C=O) groups is 1. The van der Waals surface area contributed by atoms with Crippen molar-refractivity contribution < 1.29 is 13.6 Å². The van der Waals surface area contributed by atoms with E-state index >= 15 is 0 Å². The fourth-order valence-corrected chi connectivity index (χ4v) is 2.16. The van der Waals surface area contributed by atoms with Crippen LogP contribution < -0.4 is 5.32 Å². The fourth-order valence-electron chi connectivity index (χ4n) is 1.73. The first kappa shape index (κ1) is 15.1. The number of benzene rings is 2. The Bertz CT molecular complexity index is 769. The van der Waals surface area contributed by atoms with Gasteiger partial charge in [0.1, 0.15) is 11.6 Å². The summed E-state index contributed by atoms with van der Waals surface area (Å²) in [5, 5.41) is 11.3. The van der Waals surface area contributed by atoms with Gasteiger partial charge in [-0.2, -0.15) is 5.26 Å². The Morgan fingerprint density at radius 2 is 2.00 bits per heavy atom. The molecule has 0 fully saturated rings. The number of anilines is 1. The summed E-state index contributed by atoms with van der Waals surface area (Å²) in [4.78, 5) is 12.1. The monoisotopic (exact) mass is 350 g/mol. The van der Waals surface area contributed by atoms with Crippen LogP contribution in [0.4, 0.5) is 14.5 Å². The zero-order valence-electron chi connectivity index (χ0n) is 10.9. The average Bonchev–Trinajstić information content (AvgIpc) is 2.46. The Morgan fingerprint density at radius 3 is 2.67 bits per heavy atom. The minimum Gasteiger partial charge on any atom is -0.322 e. The molecule has 1 amide bonds. The molecule has 0 aliphatic heterocycles. The van der Waals surface area contributed by atoms with Crippen molar-refractivity contribution in [3.63, 3.8) is 0 Å². The van der Waals surface area contributed by atoms with Crippen LogP contribution in [0.1, 0.15) is 21.5 Å². The Kier molecular flexibility index (Phi) is 4.34. The topological polar surface area (TPSA) is 52.9 Å². The summed E-state index contributed by atoms with van der Waals surface area (Å²) in [5.41, 5.74) is 0.548. The number of nitrogens with one attached hydrogen (secondary N) is 1. The minimum absolute atomic E-state index is 0.0807. The molecule has 0 saturated heterocycles. The maximum absolute atomic E-state index is 13.7. The highest BCUT2D eigenvalue weighted by atomic mass is 79.9. The summed E-state index contributed by atoms with van der Waals surface area (Å²) >= 11 is 3.15. The van der Waals surface area contributed by atoms with E-state index < -0.39 is 17.5 Å². The van der Waals surface area contributed by atoms with Crippen LogP contribution in [0.25, 0.3) is 0 Å². The fraction of sp³-hybridized carbons (Fsp3) is 0.0667. The van der Waals surface area contributed by atoms with E-state index in [4.69, 9.17) is 5.26 Å². The molecular weight excluding hydrogens is 342 g/mol. The van der Waals surface area contributed by atoms with Gasteiger partial charge >= 0.3 is 0 Å². The number of hydrogen-bond acceptors (Lipinski definition) is 2. The van der Waals surface area contributed by atoms with Crippen LogP contribution in [0.2, 0.25) is 0 Å². The van der Waals surface area contributed by atoms with Crippen molar-refractivity contribution in [1.29, 1.82) is 5.26 Å². The largest absolute Gasteiger partial charge is 0.322 e. The van der Waals surface area contributed by atoms with Gasteiger partial charge in [-0.05, 0) is 53.2 Å². The van der Waals surface area contributed by atoms with Crippen molar-refractivity contribution in [2.24, 2.45) is 0 Å². The molecule has 2 aromatic carbocycles. The van der Waals surface area contributed by atoms with Gasteiger partial charge in [0, 0.05) is 15.7 Å². The molecule has 0 radical (unpaired) electrons. The number of nitrogens with zero attached hydrogens (tertiary/aromatic N) is 1. The maximum Gasteiger partial charge on any atom is 0.256 e. The number of carbonyl (C=O) groups excluding carboxylic acids is 1. The highest BCUT2D eigenvalue weighted by Gasteiger charge is 2.14. The molecule has 0 aromatic heterocycles. The van der Waals surface area contributed by atoms with E-state index in [2.05, 4.69) is 21.2 Å². The smallest absolute Gasteiger partial charge is 0.256 e. The first-order valence-corrected chi connectivity index (χ1v) is 6.68. The molecule has 0 atom stereocenters. The summed E-state index contributed by atoms with van der Waals surface area (Å²) in [6.45, 7) is 1.48. The van der Waals surface area contributed by atoms with Gasteiger partial charge in [0.15, 0.2) is 0 Å². The lowest BCUT2D eigenvalue weighted by Crippen LogP contribution is -2.14. The van der Waals surface area contributed by atoms with Crippen molar-refractivity contribution in [3.05, 3.63) is 63.1 Å². The van der Waals surface area contributed by atoms with Crippen LogP contribution in [-0.4, -0.2) is 5.91 Å². The Balaban J connectivity index is 2.38. The van der Waals surface area contributed by atoms with Gasteiger partial charge < -0.3 is 5.32 Å². The van der Waals surface area contributed by atoms with Crippen LogP contribution >= 0.6 is 15.9 Å². The van der Waals surface area contributed by atoms with Crippen LogP contribution in [0.3, 0.4) is 0 Å². The molecule has 2 rings (SSSR count). The molecular formula is C15H9BrF2N2O. The Hall–Kier alpha value is -2.26. The van der Waals surface area contributed by atoms with Gasteiger partial charge in [0.25, 0.3) is 5.91 Å². The van der Waals surface area contributed by atoms with Crippen LogP contribution in [-0.2, 0) is 0 Å². The van der Waals surface area contributed by atoms with E-state index in [-0.39, 0.29) is 22.4 Å². The van der Waals surface area contributed by atoms with Crippen molar-refractivity contribution in [2.75, 3.05) is 5.32 Å². The van der Waals surface area contributed by atoms with Crippen LogP contribution in [0.5, 0.6) is 0 Å². The van der Waals surface area contributed by atoms with E-state index in [1.807, 2.05) is 6.07 Å². The molecule has 0 heterocycles. The molecule has 106 valence electrons. The lowest BCUT2D eigenvalue weighted by atomic mass is 10.1. The van der Waals surface area contributed by atoms with Crippen LogP contribution in [0, 0.1) is 29.9 Å². The quantitative estimate of drug-likeness (QED) is 0.883. The van der Waals surface area contributed by atoms with Crippen molar-refractivity contribution in [2.45, 2.75) is 6.92 Å². The molecule has 2 aromatic rings. The number of amides is 1. The molecule has 0 aliphatic rings. The third-order valence-electron chi connectivity index (χ3n) is 2.89. The molecule has 6 heteroatoms. The SMILES string of the molecule is Cc1c(F)cc(C#N)cc1NC(=O)c1cc(F)ccc1Br. The summed E-state index contributed by atoms with van der Waals surface area (Å²) in [6, 6.07) is 7.94. The second-order valence-electron chi connectivity index (χ2n) is 4.32. The Labute approximate surface area is 128 Å². The van der Waals surface area contributed by atoms with Gasteiger partial charge in [-0.25, -0.2) is 8.78 Å². The average molecular weight is 351 g/mol. The molecule has 1 N–H and O–H groups in total. The number of rotatable bonds is 2. The number of nitriles is 1. The predicted molar refractivity (Wildman–Crippen MR) is 77.9 cm³/mol. The zero-order chi connectivity index (χ0) is 15.6. The van der Waals surface area contributed by atoms with Gasteiger partial charge in [-0.15, -0.1) is 0 Å². The second kappa shape index (κ2) is 6.02. The zero-order valence-corrected chi connectivity index (χ0v) is 12.5. The van der Waals surface area contributed by atoms with Crippen molar-refractivity contribution in [1.82, 2.24) is 0 Å². The normalized spacial score (nSPS) is 10.0. The van der Waals surface area contributed by atoms with Gasteiger partial charge in [-0.3, -0.25) is 4.79 Å². The predicted octanol–water partition coefficient (Wildman–Crippen LogP) is 4.16. The van der Waals surface area contributed by atoms with Crippen molar-refractivity contribution >= 4 is 27.5 Å². The molecule has 3 nitrogen and oxygen atoms in total. The van der Waals surface area contributed by atoms with E-state index in [9.17, 15) is 13.6 Å². The minimum atomic E-state index is -0.598. The van der Waals surface area contributed by atoms with Crippen LogP contribution in [0.15, 0.2) is 34.8 Å². The van der Waals surface area contributed by atoms with Gasteiger partial charge in [-0.1, -0.05) is 0 Å². The lowest BCUT2D eigenvalue weighted by Gasteiger charge is -2.11. The lowest BCUT2D eigenvalue weighted by molar-refractivity contribution is 0.102. The third-order valence-corrected chi connectivity index (χ3v) is 3.59. The molecule has 0 bridgehead atoms. The van der Waals surface area contributed by atoms with E-state index in [1.54, 1.807) is 0 Å².